The Labute approximate surface area is 256 Å². The van der Waals surface area contributed by atoms with Crippen molar-refractivity contribution in [1.82, 2.24) is 19.8 Å². The summed E-state index contributed by atoms with van der Waals surface area (Å²) in [5.74, 6) is -0.439. The molecule has 2 heterocycles. The van der Waals surface area contributed by atoms with Crippen molar-refractivity contribution in [2.24, 2.45) is 0 Å². The Morgan fingerprint density at radius 2 is 1.66 bits per heavy atom. The molecule has 2 amide bonds. The predicted molar refractivity (Wildman–Crippen MR) is 159 cm³/mol. The topological polar surface area (TPSA) is 121 Å². The number of benzene rings is 2. The molecule has 1 N–H and O–H groups in total. The van der Waals surface area contributed by atoms with Crippen molar-refractivity contribution in [3.05, 3.63) is 84.2 Å². The third-order valence-electron chi connectivity index (χ3n) is 6.54. The van der Waals surface area contributed by atoms with Gasteiger partial charge >= 0.3 is 18.3 Å². The number of amides is 2. The number of aromatic nitrogens is 2. The van der Waals surface area contributed by atoms with Crippen LogP contribution in [-0.2, 0) is 31.9 Å². The molecule has 0 unspecified atom stereocenters. The molecule has 1 aliphatic heterocycles. The van der Waals surface area contributed by atoms with E-state index in [4.69, 9.17) is 18.9 Å². The third-order valence-corrected chi connectivity index (χ3v) is 6.54. The standard InChI is InChI=1S/C32H39FN4O7/c1-31(2,3)43-29(39)37-19-26(41-30(40)44-32(4,5)6)27(42-28(38)35-18-22-8-7-9-23(33)16-22)25(37)17-21-10-12-24(13-11-21)36-15-14-34-20-36/h7-16,20,25-27H,17-19H2,1-6H3,(H,35,38)/t25-,26+,27+/m1/s1. The molecular formula is C32H39FN4O7. The Morgan fingerprint density at radius 3 is 2.27 bits per heavy atom. The normalized spacial score (nSPS) is 18.4. The van der Waals surface area contributed by atoms with E-state index in [-0.39, 0.29) is 19.5 Å². The molecule has 12 heteroatoms. The van der Waals surface area contributed by atoms with Crippen LogP contribution in [-0.4, -0.2) is 68.8 Å². The molecule has 3 atom stereocenters. The van der Waals surface area contributed by atoms with Gasteiger partial charge in [-0.15, -0.1) is 0 Å². The summed E-state index contributed by atoms with van der Waals surface area (Å²) in [6, 6.07) is 12.6. The van der Waals surface area contributed by atoms with Gasteiger partial charge < -0.3 is 28.8 Å². The molecule has 11 nitrogen and oxygen atoms in total. The van der Waals surface area contributed by atoms with E-state index in [0.29, 0.717) is 5.56 Å². The van der Waals surface area contributed by atoms with Crippen molar-refractivity contribution in [3.8, 4) is 5.69 Å². The van der Waals surface area contributed by atoms with Gasteiger partial charge in [-0.3, -0.25) is 4.90 Å². The summed E-state index contributed by atoms with van der Waals surface area (Å²) < 4.78 is 38.0. The van der Waals surface area contributed by atoms with Crippen LogP contribution in [0.15, 0.2) is 67.3 Å². The predicted octanol–water partition coefficient (Wildman–Crippen LogP) is 5.79. The molecule has 0 bridgehead atoms. The van der Waals surface area contributed by atoms with Crippen molar-refractivity contribution >= 4 is 18.3 Å². The second-order valence-corrected chi connectivity index (χ2v) is 12.5. The zero-order valence-corrected chi connectivity index (χ0v) is 25.8. The lowest BCUT2D eigenvalue weighted by molar-refractivity contribution is -0.0518. The highest BCUT2D eigenvalue weighted by atomic mass is 19.1. The van der Waals surface area contributed by atoms with Gasteiger partial charge in [0.2, 0.25) is 0 Å². The van der Waals surface area contributed by atoms with Gasteiger partial charge in [0.25, 0.3) is 0 Å². The van der Waals surface area contributed by atoms with Crippen LogP contribution in [0.5, 0.6) is 0 Å². The summed E-state index contributed by atoms with van der Waals surface area (Å²) in [6.07, 6.45) is 0.832. The van der Waals surface area contributed by atoms with Crippen LogP contribution in [0.4, 0.5) is 18.8 Å². The Kier molecular flexibility index (Phi) is 9.81. The largest absolute Gasteiger partial charge is 0.509 e. The van der Waals surface area contributed by atoms with Gasteiger partial charge in [0, 0.05) is 24.6 Å². The molecule has 1 aromatic heterocycles. The molecular weight excluding hydrogens is 571 g/mol. The highest BCUT2D eigenvalue weighted by molar-refractivity contribution is 5.71. The number of hydrogen-bond donors (Lipinski definition) is 1. The zero-order valence-electron chi connectivity index (χ0n) is 25.8. The van der Waals surface area contributed by atoms with Crippen molar-refractivity contribution in [3.63, 3.8) is 0 Å². The maximum atomic E-state index is 13.7. The summed E-state index contributed by atoms with van der Waals surface area (Å²) >= 11 is 0. The minimum Gasteiger partial charge on any atom is -0.444 e. The van der Waals surface area contributed by atoms with E-state index in [9.17, 15) is 18.8 Å². The van der Waals surface area contributed by atoms with Crippen molar-refractivity contribution in [1.29, 1.82) is 0 Å². The average molecular weight is 611 g/mol. The van der Waals surface area contributed by atoms with E-state index in [1.807, 2.05) is 35.0 Å². The van der Waals surface area contributed by atoms with Crippen LogP contribution < -0.4 is 5.32 Å². The number of likely N-dealkylation sites (tertiary alicyclic amines) is 1. The van der Waals surface area contributed by atoms with Crippen LogP contribution in [0.1, 0.15) is 52.7 Å². The lowest BCUT2D eigenvalue weighted by Gasteiger charge is -2.30. The fourth-order valence-electron chi connectivity index (χ4n) is 4.72. The molecule has 0 saturated carbocycles. The van der Waals surface area contributed by atoms with E-state index < -0.39 is 53.6 Å². The Balaban J connectivity index is 1.61. The molecule has 0 aliphatic carbocycles. The van der Waals surface area contributed by atoms with Crippen LogP contribution in [0.25, 0.3) is 5.69 Å². The number of rotatable bonds is 7. The van der Waals surface area contributed by atoms with Gasteiger partial charge in [0.1, 0.15) is 17.0 Å². The Hall–Kier alpha value is -4.61. The number of alkyl carbamates (subject to hydrolysis) is 1. The van der Waals surface area contributed by atoms with Gasteiger partial charge in [-0.25, -0.2) is 23.8 Å². The van der Waals surface area contributed by atoms with Crippen LogP contribution in [0, 0.1) is 5.82 Å². The number of nitrogens with zero attached hydrogens (tertiary/aromatic N) is 3. The van der Waals surface area contributed by atoms with E-state index >= 15 is 0 Å². The first-order valence-electron chi connectivity index (χ1n) is 14.3. The molecule has 236 valence electrons. The van der Waals surface area contributed by atoms with Gasteiger partial charge in [-0.1, -0.05) is 24.3 Å². The maximum absolute atomic E-state index is 13.7. The number of imidazole rings is 1. The average Bonchev–Trinajstić information content (AvgIpc) is 3.56. The van der Waals surface area contributed by atoms with Crippen molar-refractivity contribution in [2.45, 2.75) is 84.0 Å². The molecule has 44 heavy (non-hydrogen) atoms. The molecule has 1 aliphatic rings. The molecule has 1 fully saturated rings. The fourth-order valence-corrected chi connectivity index (χ4v) is 4.72. The third kappa shape index (κ3) is 9.19. The molecule has 1 saturated heterocycles. The number of hydrogen-bond acceptors (Lipinski definition) is 8. The molecule has 0 spiro atoms. The highest BCUT2D eigenvalue weighted by Gasteiger charge is 2.50. The van der Waals surface area contributed by atoms with Gasteiger partial charge in [0.05, 0.1) is 18.9 Å². The Morgan fingerprint density at radius 1 is 0.955 bits per heavy atom. The number of carbonyl (C=O) groups is 3. The number of halogens is 1. The van der Waals surface area contributed by atoms with Gasteiger partial charge in [0.15, 0.2) is 12.2 Å². The van der Waals surface area contributed by atoms with Crippen LogP contribution >= 0.6 is 0 Å². The summed E-state index contributed by atoms with van der Waals surface area (Å²) in [7, 11) is 0. The van der Waals surface area contributed by atoms with Crippen molar-refractivity contribution < 1.29 is 37.7 Å². The minimum atomic E-state index is -1.09. The summed E-state index contributed by atoms with van der Waals surface area (Å²) in [4.78, 5) is 44.7. The summed E-state index contributed by atoms with van der Waals surface area (Å²) in [5.41, 5.74) is 0.600. The highest BCUT2D eigenvalue weighted by Crippen LogP contribution is 2.30. The lowest BCUT2D eigenvalue weighted by atomic mass is 10.0. The Bertz CT molecular complexity index is 1430. The smallest absolute Gasteiger partial charge is 0.444 e. The van der Waals surface area contributed by atoms with E-state index in [0.717, 1.165) is 11.3 Å². The van der Waals surface area contributed by atoms with E-state index in [1.54, 1.807) is 60.1 Å². The SMILES string of the molecule is CC(C)(C)OC(=O)O[C@H]1CN(C(=O)OC(C)(C)C)[C@H](Cc2ccc(-n3ccnc3)cc2)[C@@H]1OC(=O)NCc1cccc(F)c1. The molecule has 3 aromatic rings. The van der Waals surface area contributed by atoms with E-state index in [2.05, 4.69) is 10.3 Å². The van der Waals surface area contributed by atoms with Gasteiger partial charge in [-0.05, 0) is 83.4 Å². The molecule has 2 aromatic carbocycles. The number of carbonyl (C=O) groups excluding carboxylic acids is 3. The summed E-state index contributed by atoms with van der Waals surface area (Å²) in [5, 5.41) is 2.61. The van der Waals surface area contributed by atoms with E-state index in [1.165, 1.54) is 23.1 Å². The van der Waals surface area contributed by atoms with Crippen LogP contribution in [0.3, 0.4) is 0 Å². The quantitative estimate of drug-likeness (QED) is 0.264. The summed E-state index contributed by atoms with van der Waals surface area (Å²) in [6.45, 7) is 10.2. The monoisotopic (exact) mass is 610 g/mol. The van der Waals surface area contributed by atoms with Crippen LogP contribution in [0.2, 0.25) is 0 Å². The first-order chi connectivity index (χ1) is 20.7. The number of ether oxygens (including phenoxy) is 4. The second-order valence-electron chi connectivity index (χ2n) is 12.5. The number of nitrogens with one attached hydrogen (secondary N) is 1. The first-order valence-corrected chi connectivity index (χ1v) is 14.3. The fraction of sp³-hybridized carbons (Fsp3) is 0.438. The first kappa shape index (κ1) is 32.3. The van der Waals surface area contributed by atoms with Crippen molar-refractivity contribution in [2.75, 3.05) is 6.54 Å². The maximum Gasteiger partial charge on any atom is 0.509 e. The lowest BCUT2D eigenvalue weighted by Crippen LogP contribution is -2.46. The zero-order chi connectivity index (χ0) is 32.1. The molecule has 4 rings (SSSR count). The second kappa shape index (κ2) is 13.4. The molecule has 0 radical (unpaired) electrons. The minimum absolute atomic E-state index is 0.00292. The van der Waals surface area contributed by atoms with Gasteiger partial charge in [-0.2, -0.15) is 0 Å².